The highest BCUT2D eigenvalue weighted by Gasteiger charge is 2.09. The van der Waals surface area contributed by atoms with Crippen LogP contribution in [-0.2, 0) is 6.42 Å². The zero-order chi connectivity index (χ0) is 14.4. The van der Waals surface area contributed by atoms with Crippen LogP contribution in [0.2, 0.25) is 0 Å². The van der Waals surface area contributed by atoms with Crippen molar-refractivity contribution in [3.63, 3.8) is 0 Å². The van der Waals surface area contributed by atoms with Gasteiger partial charge in [0.1, 0.15) is 11.6 Å². The lowest BCUT2D eigenvalue weighted by Gasteiger charge is -2.14. The summed E-state index contributed by atoms with van der Waals surface area (Å²) in [5, 5.41) is 3.38. The fraction of sp³-hybridized carbons (Fsp3) is 0.625. The van der Waals surface area contributed by atoms with Gasteiger partial charge in [0.15, 0.2) is 0 Å². The molecule has 1 aromatic carbocycles. The maximum absolute atomic E-state index is 13.6. The van der Waals surface area contributed by atoms with E-state index in [1.54, 1.807) is 13.0 Å². The number of aryl methyl sites for hydroxylation is 2. The van der Waals surface area contributed by atoms with Gasteiger partial charge < -0.3 is 5.32 Å². The van der Waals surface area contributed by atoms with Gasteiger partial charge in [-0.2, -0.15) is 0 Å². The second kappa shape index (κ2) is 7.59. The molecular weight excluding hydrogens is 244 g/mol. The Hall–Kier alpha value is -0.960. The highest BCUT2D eigenvalue weighted by molar-refractivity contribution is 5.25. The molecule has 1 rings (SSSR count). The smallest absolute Gasteiger partial charge is 0.129 e. The first-order valence-electron chi connectivity index (χ1n) is 7.08. The predicted octanol–water partition coefficient (Wildman–Crippen LogP) is 4.23. The Bertz CT molecular complexity index is 402. The summed E-state index contributed by atoms with van der Waals surface area (Å²) in [6.45, 7) is 9.09. The molecule has 1 aromatic rings. The van der Waals surface area contributed by atoms with E-state index in [1.165, 1.54) is 0 Å². The fourth-order valence-electron chi connectivity index (χ4n) is 2.07. The number of hydrogen-bond donors (Lipinski definition) is 1. The van der Waals surface area contributed by atoms with Gasteiger partial charge >= 0.3 is 0 Å². The fourth-order valence-corrected chi connectivity index (χ4v) is 2.07. The Labute approximate surface area is 115 Å². The molecule has 1 unspecified atom stereocenters. The average Bonchev–Trinajstić information content (AvgIpc) is 2.31. The molecule has 0 saturated carbocycles. The minimum Gasteiger partial charge on any atom is -0.315 e. The van der Waals surface area contributed by atoms with Crippen LogP contribution in [0.15, 0.2) is 12.1 Å². The van der Waals surface area contributed by atoms with Crippen LogP contribution >= 0.6 is 0 Å². The summed E-state index contributed by atoms with van der Waals surface area (Å²) in [5.41, 5.74) is 1.15. The van der Waals surface area contributed by atoms with Crippen LogP contribution in [0.4, 0.5) is 8.78 Å². The molecule has 0 aromatic heterocycles. The number of hydrogen-bond acceptors (Lipinski definition) is 1. The molecular formula is C16H25F2N. The van der Waals surface area contributed by atoms with Gasteiger partial charge in [0.05, 0.1) is 0 Å². The predicted molar refractivity (Wildman–Crippen MR) is 76.3 cm³/mol. The van der Waals surface area contributed by atoms with Gasteiger partial charge in [-0.15, -0.1) is 0 Å². The van der Waals surface area contributed by atoms with E-state index in [-0.39, 0.29) is 0 Å². The molecule has 0 aliphatic heterocycles. The van der Waals surface area contributed by atoms with Crippen molar-refractivity contribution < 1.29 is 8.78 Å². The maximum Gasteiger partial charge on any atom is 0.129 e. The minimum absolute atomic E-state index is 0.421. The molecule has 0 bridgehead atoms. The SMILES string of the molecule is Cc1cc(CCC(C)CCNC(C)C)c(F)cc1F. The molecule has 0 spiro atoms. The van der Waals surface area contributed by atoms with Gasteiger partial charge in [-0.05, 0) is 49.8 Å². The summed E-state index contributed by atoms with van der Waals surface area (Å²) in [5.74, 6) is -0.345. The third kappa shape index (κ3) is 5.68. The summed E-state index contributed by atoms with van der Waals surface area (Å²) in [4.78, 5) is 0. The monoisotopic (exact) mass is 269 g/mol. The third-order valence-corrected chi connectivity index (χ3v) is 3.42. The summed E-state index contributed by atoms with van der Waals surface area (Å²) in [7, 11) is 0. The van der Waals surface area contributed by atoms with Crippen LogP contribution in [0.25, 0.3) is 0 Å². The first kappa shape index (κ1) is 16.1. The highest BCUT2D eigenvalue weighted by atomic mass is 19.1. The van der Waals surface area contributed by atoms with Gasteiger partial charge in [-0.25, -0.2) is 8.78 Å². The quantitative estimate of drug-likeness (QED) is 0.781. The van der Waals surface area contributed by atoms with Crippen molar-refractivity contribution in [1.82, 2.24) is 5.32 Å². The first-order chi connectivity index (χ1) is 8.90. The molecule has 1 nitrogen and oxygen atoms in total. The van der Waals surface area contributed by atoms with Gasteiger partial charge in [0, 0.05) is 12.1 Å². The van der Waals surface area contributed by atoms with Crippen molar-refractivity contribution in [1.29, 1.82) is 0 Å². The molecule has 0 heterocycles. The zero-order valence-corrected chi connectivity index (χ0v) is 12.4. The molecule has 0 aliphatic rings. The zero-order valence-electron chi connectivity index (χ0n) is 12.4. The van der Waals surface area contributed by atoms with Crippen LogP contribution in [0.3, 0.4) is 0 Å². The lowest BCUT2D eigenvalue weighted by molar-refractivity contribution is 0.449. The topological polar surface area (TPSA) is 12.0 Å². The second-order valence-corrected chi connectivity index (χ2v) is 5.73. The number of nitrogens with one attached hydrogen (secondary N) is 1. The Kier molecular flexibility index (Phi) is 6.43. The molecule has 0 amide bonds. The Morgan fingerprint density at radius 1 is 1.05 bits per heavy atom. The van der Waals surface area contributed by atoms with Crippen LogP contribution in [0.1, 0.15) is 44.7 Å². The molecule has 0 saturated heterocycles. The van der Waals surface area contributed by atoms with E-state index in [0.29, 0.717) is 29.5 Å². The van der Waals surface area contributed by atoms with Gasteiger partial charge in [0.25, 0.3) is 0 Å². The molecule has 3 heteroatoms. The van der Waals surface area contributed by atoms with Gasteiger partial charge in [0.2, 0.25) is 0 Å². The van der Waals surface area contributed by atoms with E-state index in [9.17, 15) is 8.78 Å². The molecule has 0 fully saturated rings. The van der Waals surface area contributed by atoms with Gasteiger partial charge in [-0.3, -0.25) is 0 Å². The molecule has 0 radical (unpaired) electrons. The third-order valence-electron chi connectivity index (χ3n) is 3.42. The Morgan fingerprint density at radius 3 is 2.37 bits per heavy atom. The largest absolute Gasteiger partial charge is 0.315 e. The van der Waals surface area contributed by atoms with E-state index < -0.39 is 11.6 Å². The standard InChI is InChI=1S/C16H25F2N/c1-11(2)19-8-7-12(3)5-6-14-9-13(4)15(17)10-16(14)18/h9-12,19H,5-8H2,1-4H3. The van der Waals surface area contributed by atoms with Crippen molar-refractivity contribution in [2.45, 2.75) is 53.0 Å². The molecule has 1 atom stereocenters. The molecule has 19 heavy (non-hydrogen) atoms. The van der Waals surface area contributed by atoms with E-state index in [0.717, 1.165) is 25.5 Å². The van der Waals surface area contributed by atoms with Crippen molar-refractivity contribution >= 4 is 0 Å². The Morgan fingerprint density at radius 2 is 1.74 bits per heavy atom. The van der Waals surface area contributed by atoms with Crippen molar-refractivity contribution in [3.8, 4) is 0 Å². The van der Waals surface area contributed by atoms with E-state index in [4.69, 9.17) is 0 Å². The van der Waals surface area contributed by atoms with Crippen LogP contribution < -0.4 is 5.32 Å². The van der Waals surface area contributed by atoms with Crippen molar-refractivity contribution in [2.24, 2.45) is 5.92 Å². The molecule has 108 valence electrons. The van der Waals surface area contributed by atoms with Crippen LogP contribution in [-0.4, -0.2) is 12.6 Å². The summed E-state index contributed by atoms with van der Waals surface area (Å²) >= 11 is 0. The first-order valence-corrected chi connectivity index (χ1v) is 7.08. The van der Waals surface area contributed by atoms with Crippen LogP contribution in [0.5, 0.6) is 0 Å². The minimum atomic E-state index is -0.463. The normalized spacial score (nSPS) is 13.0. The van der Waals surface area contributed by atoms with E-state index >= 15 is 0 Å². The number of halogens is 2. The number of benzene rings is 1. The lowest BCUT2D eigenvalue weighted by Crippen LogP contribution is -2.25. The lowest BCUT2D eigenvalue weighted by atomic mass is 9.97. The van der Waals surface area contributed by atoms with Crippen molar-refractivity contribution in [2.75, 3.05) is 6.54 Å². The van der Waals surface area contributed by atoms with Crippen molar-refractivity contribution in [3.05, 3.63) is 34.9 Å². The average molecular weight is 269 g/mol. The summed E-state index contributed by atoms with van der Waals surface area (Å²) in [6.07, 6.45) is 2.69. The molecule has 0 aliphatic carbocycles. The van der Waals surface area contributed by atoms with E-state index in [1.807, 2.05) is 0 Å². The summed E-state index contributed by atoms with van der Waals surface area (Å²) < 4.78 is 26.7. The molecule has 1 N–H and O–H groups in total. The Balaban J connectivity index is 2.42. The second-order valence-electron chi connectivity index (χ2n) is 5.73. The highest BCUT2D eigenvalue weighted by Crippen LogP contribution is 2.18. The van der Waals surface area contributed by atoms with E-state index in [2.05, 4.69) is 26.1 Å². The summed E-state index contributed by atoms with van der Waals surface area (Å²) in [6, 6.07) is 3.13. The number of rotatable bonds is 7. The van der Waals surface area contributed by atoms with Gasteiger partial charge in [-0.1, -0.05) is 26.8 Å². The maximum atomic E-state index is 13.6. The van der Waals surface area contributed by atoms with Crippen LogP contribution in [0, 0.1) is 24.5 Å².